The van der Waals surface area contributed by atoms with E-state index in [1.165, 1.54) is 18.5 Å². The molecule has 0 aromatic carbocycles. The summed E-state index contributed by atoms with van der Waals surface area (Å²) in [5, 5.41) is 4.60. The summed E-state index contributed by atoms with van der Waals surface area (Å²) in [4.78, 5) is 16.7. The molecule has 21 heavy (non-hydrogen) atoms. The summed E-state index contributed by atoms with van der Waals surface area (Å²) >= 11 is 0. The Labute approximate surface area is 126 Å². The first-order valence-electron chi connectivity index (χ1n) is 8.05. The second-order valence-electron chi connectivity index (χ2n) is 6.65. The van der Waals surface area contributed by atoms with E-state index in [1.807, 2.05) is 11.8 Å². The predicted octanol–water partition coefficient (Wildman–Crippen LogP) is 1.76. The number of carbonyl (C=O) groups excluding carboxylic acids is 1. The number of nitrogens with zero attached hydrogens (tertiary/aromatic N) is 4. The Morgan fingerprint density at radius 1 is 1.38 bits per heavy atom. The van der Waals surface area contributed by atoms with Crippen LogP contribution in [0.1, 0.15) is 43.1 Å². The number of aryl methyl sites for hydroxylation is 2. The number of piperidine rings is 1. The minimum absolute atomic E-state index is 0.274. The van der Waals surface area contributed by atoms with Crippen LogP contribution < -0.4 is 0 Å². The lowest BCUT2D eigenvalue weighted by atomic mass is 10.1. The quantitative estimate of drug-likeness (QED) is 0.848. The maximum absolute atomic E-state index is 12.5. The predicted molar refractivity (Wildman–Crippen MR) is 82.2 cm³/mol. The molecule has 2 heterocycles. The van der Waals surface area contributed by atoms with Crippen LogP contribution in [0.4, 0.5) is 0 Å². The number of rotatable bonds is 4. The van der Waals surface area contributed by atoms with E-state index in [9.17, 15) is 4.79 Å². The van der Waals surface area contributed by atoms with Crippen LogP contribution in [-0.2, 0) is 4.79 Å². The maximum Gasteiger partial charge on any atom is 0.236 e. The molecule has 3 rings (SSSR count). The van der Waals surface area contributed by atoms with E-state index >= 15 is 0 Å². The Hall–Kier alpha value is -1.36. The molecule has 5 nitrogen and oxygen atoms in total. The zero-order valence-corrected chi connectivity index (χ0v) is 13.4. The SMILES string of the molecule is Cc1cc(C)n([C@H]2CCCN(C(=O)CN(C)C3CC3)C2)n1. The highest BCUT2D eigenvalue weighted by Gasteiger charge is 2.30. The summed E-state index contributed by atoms with van der Waals surface area (Å²) in [7, 11) is 2.07. The van der Waals surface area contributed by atoms with Gasteiger partial charge >= 0.3 is 0 Å². The molecule has 0 spiro atoms. The first-order chi connectivity index (χ1) is 10.0. The standard InChI is InChI=1S/C16H26N4O/c1-12-9-13(2)20(17-12)15-5-4-8-19(10-15)16(21)11-18(3)14-6-7-14/h9,14-15H,4-8,10-11H2,1-3H3/t15-/m0/s1. The van der Waals surface area contributed by atoms with Crippen LogP contribution in [-0.4, -0.2) is 58.2 Å². The average molecular weight is 290 g/mol. The van der Waals surface area contributed by atoms with Crippen molar-refractivity contribution in [1.82, 2.24) is 19.6 Å². The van der Waals surface area contributed by atoms with Crippen molar-refractivity contribution >= 4 is 5.91 Å². The normalized spacial score (nSPS) is 22.9. The van der Waals surface area contributed by atoms with Crippen LogP contribution in [0, 0.1) is 13.8 Å². The van der Waals surface area contributed by atoms with E-state index in [1.54, 1.807) is 0 Å². The first-order valence-corrected chi connectivity index (χ1v) is 8.05. The number of carbonyl (C=O) groups is 1. The second kappa shape index (κ2) is 5.79. The summed E-state index contributed by atoms with van der Waals surface area (Å²) in [6.45, 7) is 6.39. The minimum atomic E-state index is 0.274. The van der Waals surface area contributed by atoms with Gasteiger partial charge in [0.1, 0.15) is 0 Å². The second-order valence-corrected chi connectivity index (χ2v) is 6.65. The minimum Gasteiger partial charge on any atom is -0.339 e. The molecule has 1 aromatic rings. The lowest BCUT2D eigenvalue weighted by molar-refractivity contribution is -0.134. The number of amides is 1. The molecule has 2 aliphatic rings. The smallest absolute Gasteiger partial charge is 0.236 e. The van der Waals surface area contributed by atoms with Crippen molar-refractivity contribution in [2.24, 2.45) is 0 Å². The molecule has 1 aromatic heterocycles. The van der Waals surface area contributed by atoms with E-state index in [0.29, 0.717) is 18.6 Å². The molecule has 0 bridgehead atoms. The summed E-state index contributed by atoms with van der Waals surface area (Å²) in [5.74, 6) is 0.274. The van der Waals surface area contributed by atoms with Gasteiger partial charge in [0.05, 0.1) is 18.3 Å². The van der Waals surface area contributed by atoms with Gasteiger partial charge in [-0.25, -0.2) is 0 Å². The third-order valence-electron chi connectivity index (χ3n) is 4.69. The Morgan fingerprint density at radius 3 is 2.76 bits per heavy atom. The highest BCUT2D eigenvalue weighted by molar-refractivity contribution is 5.78. The Kier molecular flexibility index (Phi) is 4.02. The zero-order valence-electron chi connectivity index (χ0n) is 13.4. The van der Waals surface area contributed by atoms with Crippen molar-refractivity contribution in [2.45, 2.75) is 51.6 Å². The third-order valence-corrected chi connectivity index (χ3v) is 4.69. The van der Waals surface area contributed by atoms with E-state index in [4.69, 9.17) is 0 Å². The maximum atomic E-state index is 12.5. The van der Waals surface area contributed by atoms with Crippen LogP contribution >= 0.6 is 0 Å². The number of likely N-dealkylation sites (tertiary alicyclic amines) is 1. The lowest BCUT2D eigenvalue weighted by Gasteiger charge is -2.34. The number of aromatic nitrogens is 2. The molecule has 0 unspecified atom stereocenters. The average Bonchev–Trinajstić information content (AvgIpc) is 3.24. The largest absolute Gasteiger partial charge is 0.339 e. The fourth-order valence-corrected chi connectivity index (χ4v) is 3.35. The molecule has 1 atom stereocenters. The van der Waals surface area contributed by atoms with Crippen LogP contribution in [0.25, 0.3) is 0 Å². The van der Waals surface area contributed by atoms with Gasteiger partial charge in [-0.05, 0) is 52.6 Å². The molecule has 116 valence electrons. The summed E-state index contributed by atoms with van der Waals surface area (Å²) in [6.07, 6.45) is 4.68. The zero-order chi connectivity index (χ0) is 15.0. The van der Waals surface area contributed by atoms with Gasteiger partial charge < -0.3 is 4.90 Å². The van der Waals surface area contributed by atoms with Crippen LogP contribution in [0.2, 0.25) is 0 Å². The Bertz CT molecular complexity index is 520. The lowest BCUT2D eigenvalue weighted by Crippen LogP contribution is -2.45. The molecule has 1 aliphatic carbocycles. The molecular formula is C16H26N4O. The van der Waals surface area contributed by atoms with Crippen molar-refractivity contribution in [3.05, 3.63) is 17.5 Å². The van der Waals surface area contributed by atoms with Crippen molar-refractivity contribution in [1.29, 1.82) is 0 Å². The molecule has 0 radical (unpaired) electrons. The molecule has 1 saturated heterocycles. The number of hydrogen-bond acceptors (Lipinski definition) is 3. The number of hydrogen-bond donors (Lipinski definition) is 0. The highest BCUT2D eigenvalue weighted by atomic mass is 16.2. The highest BCUT2D eigenvalue weighted by Crippen LogP contribution is 2.26. The fraction of sp³-hybridized carbons (Fsp3) is 0.750. The monoisotopic (exact) mass is 290 g/mol. The van der Waals surface area contributed by atoms with Crippen molar-refractivity contribution in [3.8, 4) is 0 Å². The molecule has 1 amide bonds. The van der Waals surface area contributed by atoms with Gasteiger partial charge in [0.25, 0.3) is 0 Å². The molecule has 0 N–H and O–H groups in total. The molecule has 1 aliphatic heterocycles. The van der Waals surface area contributed by atoms with E-state index in [-0.39, 0.29) is 5.91 Å². The van der Waals surface area contributed by atoms with Gasteiger partial charge in [0.2, 0.25) is 5.91 Å². The van der Waals surface area contributed by atoms with E-state index < -0.39 is 0 Å². The Morgan fingerprint density at radius 2 is 2.14 bits per heavy atom. The van der Waals surface area contributed by atoms with Crippen LogP contribution in [0.5, 0.6) is 0 Å². The molecular weight excluding hydrogens is 264 g/mol. The van der Waals surface area contributed by atoms with E-state index in [0.717, 1.165) is 31.6 Å². The topological polar surface area (TPSA) is 41.4 Å². The van der Waals surface area contributed by atoms with Gasteiger partial charge in [0, 0.05) is 24.8 Å². The van der Waals surface area contributed by atoms with Crippen molar-refractivity contribution in [2.75, 3.05) is 26.7 Å². The van der Waals surface area contributed by atoms with Gasteiger partial charge in [-0.1, -0.05) is 0 Å². The van der Waals surface area contributed by atoms with Crippen molar-refractivity contribution in [3.63, 3.8) is 0 Å². The molecule has 2 fully saturated rings. The fourth-order valence-electron chi connectivity index (χ4n) is 3.35. The van der Waals surface area contributed by atoms with E-state index in [2.05, 4.69) is 34.7 Å². The van der Waals surface area contributed by atoms with Crippen molar-refractivity contribution < 1.29 is 4.79 Å². The number of likely N-dealkylation sites (N-methyl/N-ethyl adjacent to an activating group) is 1. The first kappa shape index (κ1) is 14.6. The van der Waals surface area contributed by atoms with Gasteiger partial charge in [-0.15, -0.1) is 0 Å². The van der Waals surface area contributed by atoms with Gasteiger partial charge in [0.15, 0.2) is 0 Å². The molecule has 1 saturated carbocycles. The Balaban J connectivity index is 1.62. The van der Waals surface area contributed by atoms with Gasteiger partial charge in [-0.2, -0.15) is 5.10 Å². The molecule has 5 heteroatoms. The summed E-state index contributed by atoms with van der Waals surface area (Å²) < 4.78 is 2.11. The van der Waals surface area contributed by atoms with Gasteiger partial charge in [-0.3, -0.25) is 14.4 Å². The summed E-state index contributed by atoms with van der Waals surface area (Å²) in [6, 6.07) is 3.09. The van der Waals surface area contributed by atoms with Crippen LogP contribution in [0.15, 0.2) is 6.07 Å². The van der Waals surface area contributed by atoms with Crippen LogP contribution in [0.3, 0.4) is 0 Å². The third kappa shape index (κ3) is 3.28. The summed E-state index contributed by atoms with van der Waals surface area (Å²) in [5.41, 5.74) is 2.26.